The van der Waals surface area contributed by atoms with E-state index in [0.29, 0.717) is 19.5 Å². The number of benzene rings is 1. The molecule has 1 N–H and O–H groups in total. The number of rotatable bonds is 4. The van der Waals surface area contributed by atoms with Crippen molar-refractivity contribution in [1.29, 1.82) is 0 Å². The van der Waals surface area contributed by atoms with Crippen LogP contribution in [0.3, 0.4) is 0 Å². The van der Waals surface area contributed by atoms with Crippen molar-refractivity contribution in [2.24, 2.45) is 5.92 Å². The first-order valence-electron chi connectivity index (χ1n) is 6.30. The third-order valence-corrected chi connectivity index (χ3v) is 3.77. The first-order chi connectivity index (χ1) is 9.11. The summed E-state index contributed by atoms with van der Waals surface area (Å²) in [6.07, 6.45) is 0.471. The molecule has 19 heavy (non-hydrogen) atoms. The molecule has 0 bridgehead atoms. The van der Waals surface area contributed by atoms with Gasteiger partial charge < -0.3 is 10.2 Å². The molecule has 1 heterocycles. The van der Waals surface area contributed by atoms with Crippen molar-refractivity contribution in [2.75, 3.05) is 20.1 Å². The van der Waals surface area contributed by atoms with Crippen molar-refractivity contribution >= 4 is 23.4 Å². The van der Waals surface area contributed by atoms with Crippen LogP contribution in [-0.2, 0) is 9.59 Å². The molecule has 102 valence electrons. The van der Waals surface area contributed by atoms with E-state index in [-0.39, 0.29) is 17.7 Å². The van der Waals surface area contributed by atoms with Gasteiger partial charge in [-0.1, -0.05) is 30.3 Å². The summed E-state index contributed by atoms with van der Waals surface area (Å²) in [5.74, 6) is 0.187. The molecule has 2 rings (SSSR count). The Morgan fingerprint density at radius 1 is 1.37 bits per heavy atom. The molecule has 0 spiro atoms. The van der Waals surface area contributed by atoms with Crippen LogP contribution >= 0.6 is 11.6 Å². The monoisotopic (exact) mass is 280 g/mol. The molecule has 1 aromatic carbocycles. The van der Waals surface area contributed by atoms with E-state index < -0.39 is 5.38 Å². The van der Waals surface area contributed by atoms with Gasteiger partial charge >= 0.3 is 0 Å². The van der Waals surface area contributed by atoms with E-state index in [4.69, 9.17) is 11.6 Å². The summed E-state index contributed by atoms with van der Waals surface area (Å²) >= 11 is 6.17. The van der Waals surface area contributed by atoms with Gasteiger partial charge in [0, 0.05) is 32.5 Å². The quantitative estimate of drug-likeness (QED) is 0.851. The molecule has 1 aliphatic heterocycles. The minimum Gasteiger partial charge on any atom is -0.359 e. The number of carbonyl (C=O) groups is 2. The van der Waals surface area contributed by atoms with Gasteiger partial charge in [0.15, 0.2) is 0 Å². The normalized spacial score (nSPS) is 16.6. The predicted molar refractivity (Wildman–Crippen MR) is 73.8 cm³/mol. The molecule has 0 aliphatic carbocycles. The third kappa shape index (κ3) is 3.26. The molecule has 1 aromatic rings. The number of carbonyl (C=O) groups excluding carboxylic acids is 2. The van der Waals surface area contributed by atoms with Crippen molar-refractivity contribution in [1.82, 2.24) is 10.2 Å². The van der Waals surface area contributed by atoms with E-state index >= 15 is 0 Å². The molecular formula is C14H17ClN2O2. The predicted octanol–water partition coefficient (Wildman–Crippen LogP) is 1.56. The zero-order chi connectivity index (χ0) is 13.8. The Hall–Kier alpha value is -1.55. The standard InChI is InChI=1S/C14H17ClN2O2/c1-16-12(18)7-10-8-17(9-10)14(19)13(15)11-5-3-2-4-6-11/h2-6,10,13H,7-9H2,1H3,(H,16,18). The van der Waals surface area contributed by atoms with Crippen LogP contribution in [0, 0.1) is 5.92 Å². The Bertz CT molecular complexity index is 458. The highest BCUT2D eigenvalue weighted by Gasteiger charge is 2.35. The van der Waals surface area contributed by atoms with Gasteiger partial charge in [-0.2, -0.15) is 0 Å². The van der Waals surface area contributed by atoms with Gasteiger partial charge in [-0.05, 0) is 5.56 Å². The molecule has 4 nitrogen and oxygen atoms in total. The fraction of sp³-hybridized carbons (Fsp3) is 0.429. The van der Waals surface area contributed by atoms with Crippen LogP contribution in [0.2, 0.25) is 0 Å². The molecule has 0 aromatic heterocycles. The van der Waals surface area contributed by atoms with E-state index in [1.165, 1.54) is 0 Å². The Morgan fingerprint density at radius 2 is 2.00 bits per heavy atom. The maximum absolute atomic E-state index is 12.1. The topological polar surface area (TPSA) is 49.4 Å². The number of amides is 2. The highest BCUT2D eigenvalue weighted by atomic mass is 35.5. The third-order valence-electron chi connectivity index (χ3n) is 3.33. The van der Waals surface area contributed by atoms with Crippen LogP contribution in [0.4, 0.5) is 0 Å². The molecule has 0 saturated carbocycles. The van der Waals surface area contributed by atoms with Gasteiger partial charge in [-0.25, -0.2) is 0 Å². The number of hydrogen-bond acceptors (Lipinski definition) is 2. The van der Waals surface area contributed by atoms with Gasteiger partial charge in [-0.3, -0.25) is 9.59 Å². The first kappa shape index (κ1) is 13.9. The Kier molecular flexibility index (Phi) is 4.43. The fourth-order valence-electron chi connectivity index (χ4n) is 2.17. The van der Waals surface area contributed by atoms with Crippen LogP contribution in [-0.4, -0.2) is 36.9 Å². The van der Waals surface area contributed by atoms with Gasteiger partial charge in [0.1, 0.15) is 5.38 Å². The zero-order valence-electron chi connectivity index (χ0n) is 10.8. The minimum absolute atomic E-state index is 0.0163. The van der Waals surface area contributed by atoms with Crippen molar-refractivity contribution in [2.45, 2.75) is 11.8 Å². The summed E-state index contributed by atoms with van der Waals surface area (Å²) in [6, 6.07) is 9.31. The Labute approximate surface area is 117 Å². The lowest BCUT2D eigenvalue weighted by atomic mass is 9.95. The number of alkyl halides is 1. The molecule has 1 fully saturated rings. The second-order valence-corrected chi connectivity index (χ2v) is 5.20. The second-order valence-electron chi connectivity index (χ2n) is 4.76. The van der Waals surface area contributed by atoms with Gasteiger partial charge in [0.25, 0.3) is 0 Å². The van der Waals surface area contributed by atoms with Crippen LogP contribution in [0.1, 0.15) is 17.4 Å². The van der Waals surface area contributed by atoms with Crippen LogP contribution in [0.5, 0.6) is 0 Å². The summed E-state index contributed by atoms with van der Waals surface area (Å²) < 4.78 is 0. The molecule has 0 radical (unpaired) electrons. The molecule has 1 aliphatic rings. The lowest BCUT2D eigenvalue weighted by molar-refractivity contribution is -0.139. The van der Waals surface area contributed by atoms with Crippen molar-refractivity contribution in [3.63, 3.8) is 0 Å². The van der Waals surface area contributed by atoms with E-state index in [2.05, 4.69) is 5.32 Å². The first-order valence-corrected chi connectivity index (χ1v) is 6.74. The Balaban J connectivity index is 1.85. The van der Waals surface area contributed by atoms with E-state index in [1.807, 2.05) is 30.3 Å². The maximum atomic E-state index is 12.1. The van der Waals surface area contributed by atoms with Crippen molar-refractivity contribution in [3.05, 3.63) is 35.9 Å². The molecule has 2 amide bonds. The molecule has 1 saturated heterocycles. The summed E-state index contributed by atoms with van der Waals surface area (Å²) in [5.41, 5.74) is 0.809. The number of nitrogens with zero attached hydrogens (tertiary/aromatic N) is 1. The minimum atomic E-state index is -0.637. The summed E-state index contributed by atoms with van der Waals surface area (Å²) in [7, 11) is 1.62. The number of hydrogen-bond donors (Lipinski definition) is 1. The highest BCUT2D eigenvalue weighted by molar-refractivity contribution is 6.30. The number of halogens is 1. The van der Waals surface area contributed by atoms with Crippen LogP contribution in [0.25, 0.3) is 0 Å². The highest BCUT2D eigenvalue weighted by Crippen LogP contribution is 2.28. The Morgan fingerprint density at radius 3 is 2.58 bits per heavy atom. The van der Waals surface area contributed by atoms with Crippen LogP contribution in [0.15, 0.2) is 30.3 Å². The van der Waals surface area contributed by atoms with Crippen molar-refractivity contribution < 1.29 is 9.59 Å². The zero-order valence-corrected chi connectivity index (χ0v) is 11.6. The average Bonchev–Trinajstić information content (AvgIpc) is 2.41. The lowest BCUT2D eigenvalue weighted by Gasteiger charge is -2.40. The van der Waals surface area contributed by atoms with Crippen LogP contribution < -0.4 is 5.32 Å². The molecule has 5 heteroatoms. The van der Waals surface area contributed by atoms with E-state index in [9.17, 15) is 9.59 Å². The van der Waals surface area contributed by atoms with Crippen molar-refractivity contribution in [3.8, 4) is 0 Å². The lowest BCUT2D eigenvalue weighted by Crippen LogP contribution is -2.52. The van der Waals surface area contributed by atoms with Gasteiger partial charge in [0.2, 0.25) is 11.8 Å². The van der Waals surface area contributed by atoms with Gasteiger partial charge in [0.05, 0.1) is 0 Å². The average molecular weight is 281 g/mol. The smallest absolute Gasteiger partial charge is 0.245 e. The van der Waals surface area contributed by atoms with Gasteiger partial charge in [-0.15, -0.1) is 11.6 Å². The maximum Gasteiger partial charge on any atom is 0.245 e. The number of likely N-dealkylation sites (tertiary alicyclic amines) is 1. The fourth-order valence-corrected chi connectivity index (χ4v) is 2.45. The molecular weight excluding hydrogens is 264 g/mol. The molecule has 1 atom stereocenters. The summed E-state index contributed by atoms with van der Waals surface area (Å²) in [6.45, 7) is 1.23. The van der Waals surface area contributed by atoms with E-state index in [1.54, 1.807) is 11.9 Å². The summed E-state index contributed by atoms with van der Waals surface area (Å²) in [5, 5.41) is 1.95. The second kappa shape index (κ2) is 6.06. The van der Waals surface area contributed by atoms with E-state index in [0.717, 1.165) is 5.56 Å². The largest absolute Gasteiger partial charge is 0.359 e. The number of nitrogens with one attached hydrogen (secondary N) is 1. The molecule has 1 unspecified atom stereocenters. The summed E-state index contributed by atoms with van der Waals surface area (Å²) in [4.78, 5) is 25.0. The SMILES string of the molecule is CNC(=O)CC1CN(C(=O)C(Cl)c2ccccc2)C1.